The Hall–Kier alpha value is -0.380. The Balaban J connectivity index is 3.57. The average Bonchev–Trinajstić information content (AvgIpc) is 2.19. The van der Waals surface area contributed by atoms with E-state index in [0.717, 1.165) is 18.7 Å². The number of nitrogens with one attached hydrogen (secondary N) is 1. The van der Waals surface area contributed by atoms with Crippen LogP contribution in [0.5, 0.6) is 0 Å². The highest BCUT2D eigenvalue weighted by Crippen LogP contribution is 2.01. The minimum Gasteiger partial charge on any atom is -0.379 e. The summed E-state index contributed by atoms with van der Waals surface area (Å²) in [5.41, 5.74) is 1.19. The molecule has 1 N–H and O–H groups in total. The van der Waals surface area contributed by atoms with Crippen molar-refractivity contribution >= 4 is 0 Å². The fourth-order valence-electron chi connectivity index (χ4n) is 1.03. The molecule has 0 aliphatic carbocycles. The molecule has 16 heavy (non-hydrogen) atoms. The predicted octanol–water partition coefficient (Wildman–Crippen LogP) is 2.37. The van der Waals surface area contributed by atoms with E-state index in [2.05, 4.69) is 32.7 Å². The van der Waals surface area contributed by atoms with E-state index in [9.17, 15) is 0 Å². The summed E-state index contributed by atoms with van der Waals surface area (Å²) in [6.07, 6.45) is 0.131. The van der Waals surface area contributed by atoms with Gasteiger partial charge in [-0.2, -0.15) is 0 Å². The van der Waals surface area contributed by atoms with Crippen molar-refractivity contribution in [3.8, 4) is 0 Å². The van der Waals surface area contributed by atoms with Crippen LogP contribution in [0.15, 0.2) is 12.2 Å². The second-order valence-electron chi connectivity index (χ2n) is 5.13. The highest BCUT2D eigenvalue weighted by atomic mass is 16.5. The van der Waals surface area contributed by atoms with Gasteiger partial charge in [-0.3, -0.25) is 0 Å². The van der Waals surface area contributed by atoms with Gasteiger partial charge in [-0.25, -0.2) is 0 Å². The summed E-state index contributed by atoms with van der Waals surface area (Å²) in [7, 11) is 0. The van der Waals surface area contributed by atoms with Gasteiger partial charge in [0.25, 0.3) is 0 Å². The molecule has 0 aromatic rings. The molecule has 0 radical (unpaired) electrons. The first-order valence-corrected chi connectivity index (χ1v) is 5.96. The maximum Gasteiger partial charge on any atom is 0.0784 e. The third-order valence-corrected chi connectivity index (χ3v) is 2.00. The molecular formula is C13H27NO2. The first kappa shape index (κ1) is 15.6. The molecule has 0 bridgehead atoms. The van der Waals surface area contributed by atoms with Gasteiger partial charge in [0.15, 0.2) is 0 Å². The van der Waals surface area contributed by atoms with Crippen LogP contribution in [0.25, 0.3) is 0 Å². The molecule has 0 amide bonds. The lowest BCUT2D eigenvalue weighted by Gasteiger charge is -2.22. The SMILES string of the molecule is C=C(CNC(C)(C)C)COC(C)COCC. The van der Waals surface area contributed by atoms with Crippen molar-refractivity contribution in [1.29, 1.82) is 0 Å². The minimum atomic E-state index is 0.125. The highest BCUT2D eigenvalue weighted by molar-refractivity contribution is 4.98. The van der Waals surface area contributed by atoms with E-state index < -0.39 is 0 Å². The molecule has 0 aliphatic rings. The highest BCUT2D eigenvalue weighted by Gasteiger charge is 2.09. The molecular weight excluding hydrogens is 202 g/mol. The second kappa shape index (κ2) is 7.82. The summed E-state index contributed by atoms with van der Waals surface area (Å²) < 4.78 is 10.9. The first-order valence-electron chi connectivity index (χ1n) is 5.96. The van der Waals surface area contributed by atoms with Crippen LogP contribution in [0.3, 0.4) is 0 Å². The molecule has 0 fully saturated rings. The Bertz CT molecular complexity index is 197. The minimum absolute atomic E-state index is 0.125. The summed E-state index contributed by atoms with van der Waals surface area (Å²) in [6.45, 7) is 17.2. The second-order valence-corrected chi connectivity index (χ2v) is 5.13. The first-order chi connectivity index (χ1) is 7.35. The van der Waals surface area contributed by atoms with E-state index in [4.69, 9.17) is 9.47 Å². The fourth-order valence-corrected chi connectivity index (χ4v) is 1.03. The van der Waals surface area contributed by atoms with Crippen LogP contribution in [-0.2, 0) is 9.47 Å². The maximum absolute atomic E-state index is 5.61. The average molecular weight is 229 g/mol. The van der Waals surface area contributed by atoms with Gasteiger partial charge in [-0.05, 0) is 40.2 Å². The van der Waals surface area contributed by atoms with Gasteiger partial charge in [-0.15, -0.1) is 0 Å². The molecule has 96 valence electrons. The zero-order chi connectivity index (χ0) is 12.6. The van der Waals surface area contributed by atoms with Crippen molar-refractivity contribution in [3.63, 3.8) is 0 Å². The molecule has 0 aromatic carbocycles. The van der Waals surface area contributed by atoms with Gasteiger partial charge in [0.2, 0.25) is 0 Å². The Morgan fingerprint density at radius 3 is 2.50 bits per heavy atom. The van der Waals surface area contributed by atoms with Crippen LogP contribution in [0.1, 0.15) is 34.6 Å². The lowest BCUT2D eigenvalue weighted by molar-refractivity contribution is 0.00553. The van der Waals surface area contributed by atoms with Crippen molar-refractivity contribution < 1.29 is 9.47 Å². The summed E-state index contributed by atoms with van der Waals surface area (Å²) in [4.78, 5) is 0. The molecule has 0 aromatic heterocycles. The van der Waals surface area contributed by atoms with Gasteiger partial charge in [0, 0.05) is 18.7 Å². The number of hydrogen-bond acceptors (Lipinski definition) is 3. The van der Waals surface area contributed by atoms with Gasteiger partial charge in [0.1, 0.15) is 0 Å². The molecule has 0 heterocycles. The quantitative estimate of drug-likeness (QED) is 0.648. The molecule has 1 unspecified atom stereocenters. The smallest absolute Gasteiger partial charge is 0.0784 e. The van der Waals surface area contributed by atoms with Crippen LogP contribution in [0.4, 0.5) is 0 Å². The summed E-state index contributed by atoms with van der Waals surface area (Å²) in [5, 5.41) is 3.38. The third kappa shape index (κ3) is 10.1. The van der Waals surface area contributed by atoms with E-state index in [0.29, 0.717) is 13.2 Å². The van der Waals surface area contributed by atoms with Crippen LogP contribution < -0.4 is 5.32 Å². The monoisotopic (exact) mass is 229 g/mol. The number of hydrogen-bond donors (Lipinski definition) is 1. The summed E-state index contributed by atoms with van der Waals surface area (Å²) in [5.74, 6) is 0. The van der Waals surface area contributed by atoms with Gasteiger partial charge in [0.05, 0.1) is 19.3 Å². The van der Waals surface area contributed by atoms with E-state index in [-0.39, 0.29) is 11.6 Å². The largest absolute Gasteiger partial charge is 0.379 e. The molecule has 0 spiro atoms. The molecule has 1 atom stereocenters. The van der Waals surface area contributed by atoms with Crippen LogP contribution >= 0.6 is 0 Å². The maximum atomic E-state index is 5.61. The van der Waals surface area contributed by atoms with Crippen molar-refractivity contribution in [3.05, 3.63) is 12.2 Å². The summed E-state index contributed by atoms with van der Waals surface area (Å²) in [6, 6.07) is 0. The fraction of sp³-hybridized carbons (Fsp3) is 0.846. The summed E-state index contributed by atoms with van der Waals surface area (Å²) >= 11 is 0. The van der Waals surface area contributed by atoms with E-state index in [1.54, 1.807) is 0 Å². The molecule has 0 saturated carbocycles. The predicted molar refractivity (Wildman–Crippen MR) is 68.8 cm³/mol. The Labute approximate surface area is 100 Å². The Morgan fingerprint density at radius 1 is 1.38 bits per heavy atom. The standard InChI is InChI=1S/C13H27NO2/c1-7-15-10-12(3)16-9-11(2)8-14-13(4,5)6/h12,14H,2,7-10H2,1,3-6H3. The van der Waals surface area contributed by atoms with Crippen molar-refractivity contribution in [2.75, 3.05) is 26.4 Å². The van der Waals surface area contributed by atoms with E-state index in [1.807, 2.05) is 13.8 Å². The topological polar surface area (TPSA) is 30.5 Å². The molecule has 3 nitrogen and oxygen atoms in total. The molecule has 3 heteroatoms. The van der Waals surface area contributed by atoms with Crippen molar-refractivity contribution in [1.82, 2.24) is 5.32 Å². The van der Waals surface area contributed by atoms with Crippen molar-refractivity contribution in [2.24, 2.45) is 0 Å². The third-order valence-electron chi connectivity index (χ3n) is 2.00. The van der Waals surface area contributed by atoms with Crippen molar-refractivity contribution in [2.45, 2.75) is 46.3 Å². The van der Waals surface area contributed by atoms with Crippen LogP contribution in [0.2, 0.25) is 0 Å². The van der Waals surface area contributed by atoms with Gasteiger partial charge >= 0.3 is 0 Å². The molecule has 0 aliphatic heterocycles. The van der Waals surface area contributed by atoms with Crippen LogP contribution in [-0.4, -0.2) is 38.0 Å². The van der Waals surface area contributed by atoms with E-state index in [1.165, 1.54) is 0 Å². The molecule has 0 saturated heterocycles. The van der Waals surface area contributed by atoms with Gasteiger partial charge < -0.3 is 14.8 Å². The number of ether oxygens (including phenoxy) is 2. The normalized spacial score (nSPS) is 13.8. The lowest BCUT2D eigenvalue weighted by atomic mass is 10.1. The number of rotatable bonds is 8. The van der Waals surface area contributed by atoms with Gasteiger partial charge in [-0.1, -0.05) is 6.58 Å². The Morgan fingerprint density at radius 2 is 2.00 bits per heavy atom. The molecule has 0 rings (SSSR count). The lowest BCUT2D eigenvalue weighted by Crippen LogP contribution is -2.37. The zero-order valence-corrected chi connectivity index (χ0v) is 11.4. The van der Waals surface area contributed by atoms with Crippen LogP contribution in [0, 0.1) is 0 Å². The zero-order valence-electron chi connectivity index (χ0n) is 11.4. The Kier molecular flexibility index (Phi) is 7.64. The van der Waals surface area contributed by atoms with E-state index >= 15 is 0 Å².